The van der Waals surface area contributed by atoms with Crippen molar-refractivity contribution in [1.82, 2.24) is 4.98 Å². The average Bonchev–Trinajstić information content (AvgIpc) is 3.29. The van der Waals surface area contributed by atoms with Gasteiger partial charge in [0, 0.05) is 18.7 Å². The first-order valence-corrected chi connectivity index (χ1v) is 10.2. The summed E-state index contributed by atoms with van der Waals surface area (Å²) in [6.45, 7) is 3.08. The van der Waals surface area contributed by atoms with Crippen molar-refractivity contribution in [2.75, 3.05) is 23.4 Å². The second-order valence-corrected chi connectivity index (χ2v) is 7.75. The van der Waals surface area contributed by atoms with E-state index in [2.05, 4.69) is 17.2 Å². The highest BCUT2D eigenvalue weighted by atomic mass is 32.1. The van der Waals surface area contributed by atoms with E-state index in [0.29, 0.717) is 18.3 Å². The standard InChI is InChI=1S/C21H21N3O3S/c1-2-11-27-16-9-7-15(8-10-16)24-13-14(12-19(24)25)20(26)23-21-22-17-5-3-4-6-18(17)28-21/h3-10,14H,2,11-13H2,1H3,(H,22,23,26)/t14-/m1/s1. The van der Waals surface area contributed by atoms with E-state index >= 15 is 0 Å². The molecular formula is C21H21N3O3S. The van der Waals surface area contributed by atoms with Crippen LogP contribution in [0.25, 0.3) is 10.2 Å². The molecule has 0 spiro atoms. The molecule has 2 aromatic carbocycles. The average molecular weight is 395 g/mol. The minimum Gasteiger partial charge on any atom is -0.494 e. The molecule has 7 heteroatoms. The zero-order valence-electron chi connectivity index (χ0n) is 15.6. The first-order valence-electron chi connectivity index (χ1n) is 9.33. The summed E-state index contributed by atoms with van der Waals surface area (Å²) >= 11 is 1.43. The zero-order valence-corrected chi connectivity index (χ0v) is 16.4. The lowest BCUT2D eigenvalue weighted by molar-refractivity contribution is -0.122. The second kappa shape index (κ2) is 7.98. The van der Waals surface area contributed by atoms with Crippen molar-refractivity contribution in [1.29, 1.82) is 0 Å². The molecule has 0 radical (unpaired) electrons. The van der Waals surface area contributed by atoms with Crippen LogP contribution in [0.15, 0.2) is 48.5 Å². The molecule has 2 heterocycles. The maximum atomic E-state index is 12.6. The number of rotatable bonds is 6. The molecule has 1 saturated heterocycles. The molecule has 1 N–H and O–H groups in total. The van der Waals surface area contributed by atoms with Crippen molar-refractivity contribution in [2.24, 2.45) is 5.92 Å². The summed E-state index contributed by atoms with van der Waals surface area (Å²) in [6.07, 6.45) is 1.14. The highest BCUT2D eigenvalue weighted by molar-refractivity contribution is 7.22. The number of ether oxygens (including phenoxy) is 1. The van der Waals surface area contributed by atoms with Gasteiger partial charge < -0.3 is 15.0 Å². The van der Waals surface area contributed by atoms with Crippen molar-refractivity contribution >= 4 is 44.2 Å². The number of aromatic nitrogens is 1. The minimum atomic E-state index is -0.393. The van der Waals surface area contributed by atoms with Crippen LogP contribution in [0.5, 0.6) is 5.75 Å². The molecule has 1 fully saturated rings. The summed E-state index contributed by atoms with van der Waals surface area (Å²) in [7, 11) is 0. The van der Waals surface area contributed by atoms with Gasteiger partial charge >= 0.3 is 0 Å². The van der Waals surface area contributed by atoms with Gasteiger partial charge in [0.2, 0.25) is 11.8 Å². The number of hydrogen-bond donors (Lipinski definition) is 1. The number of carbonyl (C=O) groups is 2. The lowest BCUT2D eigenvalue weighted by Gasteiger charge is -2.17. The third-order valence-corrected chi connectivity index (χ3v) is 5.59. The number of nitrogens with one attached hydrogen (secondary N) is 1. The first kappa shape index (κ1) is 18.4. The van der Waals surface area contributed by atoms with Gasteiger partial charge in [0.1, 0.15) is 5.75 Å². The number of fused-ring (bicyclic) bond motifs is 1. The molecule has 28 heavy (non-hydrogen) atoms. The molecule has 1 aromatic heterocycles. The molecule has 4 rings (SSSR count). The van der Waals surface area contributed by atoms with Gasteiger partial charge in [0.15, 0.2) is 5.13 Å². The van der Waals surface area contributed by atoms with Crippen LogP contribution in [-0.2, 0) is 9.59 Å². The lowest BCUT2D eigenvalue weighted by Crippen LogP contribution is -2.28. The maximum Gasteiger partial charge on any atom is 0.231 e. The molecule has 0 unspecified atom stereocenters. The normalized spacial score (nSPS) is 16.5. The van der Waals surface area contributed by atoms with E-state index in [4.69, 9.17) is 4.74 Å². The van der Waals surface area contributed by atoms with Crippen LogP contribution in [0.3, 0.4) is 0 Å². The van der Waals surface area contributed by atoms with E-state index in [9.17, 15) is 9.59 Å². The van der Waals surface area contributed by atoms with Gasteiger partial charge in [-0.05, 0) is 42.8 Å². The van der Waals surface area contributed by atoms with E-state index in [0.717, 1.165) is 28.1 Å². The van der Waals surface area contributed by atoms with E-state index in [1.54, 1.807) is 4.90 Å². The van der Waals surface area contributed by atoms with E-state index in [-0.39, 0.29) is 18.2 Å². The minimum absolute atomic E-state index is 0.0494. The van der Waals surface area contributed by atoms with Crippen LogP contribution in [0.1, 0.15) is 19.8 Å². The SMILES string of the molecule is CCCOc1ccc(N2C[C@H](C(=O)Nc3nc4ccccc4s3)CC2=O)cc1. The number of carbonyl (C=O) groups excluding carboxylic acids is 2. The summed E-state index contributed by atoms with van der Waals surface area (Å²) in [5, 5.41) is 3.43. The number of hydrogen-bond acceptors (Lipinski definition) is 5. The summed E-state index contributed by atoms with van der Waals surface area (Å²) in [5.41, 5.74) is 1.64. The van der Waals surface area contributed by atoms with Crippen LogP contribution in [0.4, 0.5) is 10.8 Å². The Morgan fingerprint density at radius 1 is 1.25 bits per heavy atom. The Hall–Kier alpha value is -2.93. The van der Waals surface area contributed by atoms with Gasteiger partial charge in [0.25, 0.3) is 0 Å². The Labute approximate surface area is 167 Å². The highest BCUT2D eigenvalue weighted by Crippen LogP contribution is 2.29. The van der Waals surface area contributed by atoms with Gasteiger partial charge in [-0.15, -0.1) is 0 Å². The Bertz CT molecular complexity index is 967. The van der Waals surface area contributed by atoms with Crippen LogP contribution < -0.4 is 15.0 Å². The second-order valence-electron chi connectivity index (χ2n) is 6.72. The monoisotopic (exact) mass is 395 g/mol. The van der Waals surface area contributed by atoms with Gasteiger partial charge in [-0.2, -0.15) is 0 Å². The Morgan fingerprint density at radius 2 is 2.04 bits per heavy atom. The van der Waals surface area contributed by atoms with E-state index < -0.39 is 5.92 Å². The number of benzene rings is 2. The molecule has 0 bridgehead atoms. The third-order valence-electron chi connectivity index (χ3n) is 4.64. The Kier molecular flexibility index (Phi) is 5.25. The molecule has 144 valence electrons. The number of thiazole rings is 1. The van der Waals surface area contributed by atoms with Gasteiger partial charge in [-0.1, -0.05) is 30.4 Å². The first-order chi connectivity index (χ1) is 13.6. The molecule has 3 aromatic rings. The molecule has 6 nitrogen and oxygen atoms in total. The quantitative estimate of drug-likeness (QED) is 0.683. The van der Waals surface area contributed by atoms with Crippen LogP contribution in [-0.4, -0.2) is 29.9 Å². The molecule has 1 aliphatic heterocycles. The zero-order chi connectivity index (χ0) is 19.5. The van der Waals surface area contributed by atoms with Crippen LogP contribution in [0.2, 0.25) is 0 Å². The molecule has 1 atom stereocenters. The largest absolute Gasteiger partial charge is 0.494 e. The fourth-order valence-corrected chi connectivity index (χ4v) is 4.08. The Balaban J connectivity index is 1.41. The fraction of sp³-hybridized carbons (Fsp3) is 0.286. The predicted octanol–water partition coefficient (Wildman–Crippen LogP) is 4.08. The van der Waals surface area contributed by atoms with Crippen molar-refractivity contribution in [3.63, 3.8) is 0 Å². The van der Waals surface area contributed by atoms with Gasteiger partial charge in [0.05, 0.1) is 22.7 Å². The van der Waals surface area contributed by atoms with Gasteiger partial charge in [-0.25, -0.2) is 4.98 Å². The fourth-order valence-electron chi connectivity index (χ4n) is 3.21. The Morgan fingerprint density at radius 3 is 2.79 bits per heavy atom. The van der Waals surface area contributed by atoms with Crippen molar-refractivity contribution in [3.8, 4) is 5.75 Å². The number of para-hydroxylation sites is 1. The molecular weight excluding hydrogens is 374 g/mol. The summed E-state index contributed by atoms with van der Waals surface area (Å²) in [5.74, 6) is 0.169. The maximum absolute atomic E-state index is 12.6. The van der Waals surface area contributed by atoms with Crippen molar-refractivity contribution in [3.05, 3.63) is 48.5 Å². The highest BCUT2D eigenvalue weighted by Gasteiger charge is 2.35. The molecule has 1 aliphatic rings. The molecule has 0 saturated carbocycles. The van der Waals surface area contributed by atoms with Crippen LogP contribution in [0, 0.1) is 5.92 Å². The lowest BCUT2D eigenvalue weighted by atomic mass is 10.1. The topological polar surface area (TPSA) is 71.5 Å². The predicted molar refractivity (Wildman–Crippen MR) is 111 cm³/mol. The van der Waals surface area contributed by atoms with E-state index in [1.807, 2.05) is 48.5 Å². The molecule has 0 aliphatic carbocycles. The number of nitrogens with zero attached hydrogens (tertiary/aromatic N) is 2. The summed E-state index contributed by atoms with van der Waals surface area (Å²) < 4.78 is 6.60. The summed E-state index contributed by atoms with van der Waals surface area (Å²) in [6, 6.07) is 15.2. The number of anilines is 2. The van der Waals surface area contributed by atoms with Crippen molar-refractivity contribution in [2.45, 2.75) is 19.8 Å². The van der Waals surface area contributed by atoms with Gasteiger partial charge in [-0.3, -0.25) is 9.59 Å². The molecule has 2 amide bonds. The number of amides is 2. The van der Waals surface area contributed by atoms with Crippen molar-refractivity contribution < 1.29 is 14.3 Å². The van der Waals surface area contributed by atoms with Crippen LogP contribution >= 0.6 is 11.3 Å². The third kappa shape index (κ3) is 3.84. The van der Waals surface area contributed by atoms with E-state index in [1.165, 1.54) is 11.3 Å². The summed E-state index contributed by atoms with van der Waals surface area (Å²) in [4.78, 5) is 31.2. The smallest absolute Gasteiger partial charge is 0.231 e.